The van der Waals surface area contributed by atoms with E-state index in [9.17, 15) is 0 Å². The number of aliphatic imine (C=N–C) groups is 1. The predicted octanol–water partition coefficient (Wildman–Crippen LogP) is 10.6. The summed E-state index contributed by atoms with van der Waals surface area (Å²) in [5.74, 6) is 0.989. The zero-order valence-electron chi connectivity index (χ0n) is 26.6. The lowest BCUT2D eigenvalue weighted by Gasteiger charge is -2.35. The fourth-order valence-corrected chi connectivity index (χ4v) is 8.31. The van der Waals surface area contributed by atoms with Gasteiger partial charge in [0.1, 0.15) is 5.84 Å². The van der Waals surface area contributed by atoms with Crippen LogP contribution in [0.1, 0.15) is 33.4 Å². The van der Waals surface area contributed by atoms with E-state index < -0.39 is 5.41 Å². The smallest absolute Gasteiger partial charge is 0.169 e. The Morgan fingerprint density at radius 2 is 0.878 bits per heavy atom. The van der Waals surface area contributed by atoms with Crippen molar-refractivity contribution in [3.05, 3.63) is 209 Å². The molecule has 2 aliphatic carbocycles. The maximum Gasteiger partial charge on any atom is 0.169 e. The van der Waals surface area contributed by atoms with Gasteiger partial charge in [0.15, 0.2) is 5.84 Å². The van der Waals surface area contributed by atoms with Crippen molar-refractivity contribution < 1.29 is 0 Å². The minimum atomic E-state index is -0.583. The van der Waals surface area contributed by atoms with Gasteiger partial charge in [-0.2, -0.15) is 4.40 Å². The lowest BCUT2D eigenvalue weighted by atomic mass is 9.65. The Balaban J connectivity index is 1.37. The summed E-state index contributed by atoms with van der Waals surface area (Å²) in [6.45, 7) is 0. The molecule has 0 fully saturated rings. The highest BCUT2D eigenvalue weighted by atomic mass is 32.2. The Morgan fingerprint density at radius 1 is 0.429 bits per heavy atom. The number of hydrogen-bond donors (Lipinski definition) is 1. The zero-order valence-corrected chi connectivity index (χ0v) is 27.4. The van der Waals surface area contributed by atoms with E-state index >= 15 is 0 Å². The first-order chi connectivity index (χ1) is 24.2. The molecule has 0 heterocycles. The van der Waals surface area contributed by atoms with Crippen molar-refractivity contribution in [2.45, 2.75) is 10.3 Å². The molecule has 232 valence electrons. The normalized spacial score (nSPS) is 13.9. The van der Waals surface area contributed by atoms with Gasteiger partial charge in [0.05, 0.1) is 5.41 Å². The van der Waals surface area contributed by atoms with Gasteiger partial charge in [0, 0.05) is 28.0 Å². The number of fused-ring (bicyclic) bond motifs is 12. The molecule has 3 nitrogen and oxygen atoms in total. The zero-order chi connectivity index (χ0) is 32.8. The van der Waals surface area contributed by atoms with E-state index in [4.69, 9.17) is 15.1 Å². The van der Waals surface area contributed by atoms with Crippen molar-refractivity contribution in [2.24, 2.45) is 15.1 Å². The second-order valence-corrected chi connectivity index (χ2v) is 13.2. The Bertz CT molecular complexity index is 2380. The summed E-state index contributed by atoms with van der Waals surface area (Å²) < 4.78 is 5.06. The van der Waals surface area contributed by atoms with E-state index in [-0.39, 0.29) is 0 Å². The molecule has 0 aliphatic heterocycles. The molecular formula is C45H31N3S. The summed E-state index contributed by atoms with van der Waals surface area (Å²) in [4.78, 5) is 6.05. The highest BCUT2D eigenvalue weighted by Crippen LogP contribution is 2.61. The Labute approximate surface area is 290 Å². The van der Waals surface area contributed by atoms with Crippen LogP contribution < -0.4 is 5.73 Å². The van der Waals surface area contributed by atoms with Crippen molar-refractivity contribution >= 4 is 23.6 Å². The van der Waals surface area contributed by atoms with Gasteiger partial charge in [0.2, 0.25) is 0 Å². The second-order valence-electron chi connectivity index (χ2n) is 12.4. The number of hydrogen-bond acceptors (Lipinski definition) is 2. The van der Waals surface area contributed by atoms with Crippen molar-refractivity contribution in [3.63, 3.8) is 0 Å². The van der Waals surface area contributed by atoms with Gasteiger partial charge < -0.3 is 5.73 Å². The molecule has 2 N–H and O–H groups in total. The lowest BCUT2D eigenvalue weighted by Crippen LogP contribution is -2.29. The van der Waals surface area contributed by atoms with Crippen molar-refractivity contribution in [1.82, 2.24) is 0 Å². The summed E-state index contributed by atoms with van der Waals surface area (Å²) in [5, 5.41) is 0. The molecule has 2 aliphatic rings. The first-order valence-electron chi connectivity index (χ1n) is 16.5. The van der Waals surface area contributed by atoms with E-state index in [1.165, 1.54) is 67.6 Å². The molecule has 49 heavy (non-hydrogen) atoms. The molecular weight excluding hydrogens is 615 g/mol. The molecule has 7 aromatic carbocycles. The molecule has 0 unspecified atom stereocenters. The van der Waals surface area contributed by atoms with Gasteiger partial charge in [0.25, 0.3) is 0 Å². The highest BCUT2D eigenvalue weighted by Gasteiger charge is 2.49. The van der Waals surface area contributed by atoms with E-state index in [1.54, 1.807) is 0 Å². The molecule has 0 saturated heterocycles. The standard InChI is InChI=1S/C45H31N3S/c46-43(30-15-3-1-4-16-30)47-44(48-49-32-17-5-2-6-18-32)31-27-28-38-34-20-8-7-19-33(34)35-21-9-12-24-39(35)45(42(38)29-31)40-25-13-10-22-36(40)37-23-11-14-26-41(37)45/h1-29H,(H2,46,47,48). The monoisotopic (exact) mass is 645 g/mol. The van der Waals surface area contributed by atoms with E-state index in [0.717, 1.165) is 16.0 Å². The molecule has 0 aromatic heterocycles. The van der Waals surface area contributed by atoms with Gasteiger partial charge in [-0.15, -0.1) is 0 Å². The molecule has 1 spiro atoms. The summed E-state index contributed by atoms with van der Waals surface area (Å²) in [5.41, 5.74) is 20.3. The van der Waals surface area contributed by atoms with E-state index in [0.29, 0.717) is 11.7 Å². The molecule has 9 rings (SSSR count). The largest absolute Gasteiger partial charge is 0.383 e. The highest BCUT2D eigenvalue weighted by molar-refractivity contribution is 7.98. The second kappa shape index (κ2) is 11.9. The maximum atomic E-state index is 6.69. The molecule has 0 saturated carbocycles. The van der Waals surface area contributed by atoms with Crippen LogP contribution in [0.5, 0.6) is 0 Å². The van der Waals surface area contributed by atoms with Crippen LogP contribution in [0.4, 0.5) is 0 Å². The van der Waals surface area contributed by atoms with Crippen LogP contribution in [0.3, 0.4) is 0 Å². The van der Waals surface area contributed by atoms with Crippen LogP contribution in [0.25, 0.3) is 33.4 Å². The lowest BCUT2D eigenvalue weighted by molar-refractivity contribution is 0.775. The predicted molar refractivity (Wildman–Crippen MR) is 204 cm³/mol. The first kappa shape index (κ1) is 29.2. The fourth-order valence-electron chi connectivity index (χ4n) is 7.69. The molecule has 4 heteroatoms. The van der Waals surface area contributed by atoms with Crippen LogP contribution in [-0.4, -0.2) is 11.7 Å². The third-order valence-electron chi connectivity index (χ3n) is 9.75. The Hall–Kier alpha value is -5.97. The summed E-state index contributed by atoms with van der Waals surface area (Å²) in [7, 11) is 0. The molecule has 0 bridgehead atoms. The summed E-state index contributed by atoms with van der Waals surface area (Å²) in [6.07, 6.45) is 0. The third-order valence-corrected chi connectivity index (χ3v) is 10.5. The SMILES string of the molecule is NC(=NC(=NSc1ccccc1)c1ccc2c(c1)C1(c3ccccc3-c3ccccc3-2)c2ccccc2-c2ccccc21)c1ccccc1. The van der Waals surface area contributed by atoms with Crippen LogP contribution in [0.2, 0.25) is 0 Å². The van der Waals surface area contributed by atoms with Crippen molar-refractivity contribution in [2.75, 3.05) is 0 Å². The number of nitrogens with zero attached hydrogens (tertiary/aromatic N) is 2. The van der Waals surface area contributed by atoms with Gasteiger partial charge in [-0.25, -0.2) is 4.99 Å². The van der Waals surface area contributed by atoms with Crippen LogP contribution in [0.15, 0.2) is 190 Å². The Morgan fingerprint density at radius 3 is 1.45 bits per heavy atom. The molecule has 0 amide bonds. The number of nitrogens with two attached hydrogens (primary N) is 1. The third kappa shape index (κ3) is 4.67. The average Bonchev–Trinajstić information content (AvgIpc) is 3.42. The average molecular weight is 646 g/mol. The minimum Gasteiger partial charge on any atom is -0.383 e. The first-order valence-corrected chi connectivity index (χ1v) is 17.2. The van der Waals surface area contributed by atoms with Gasteiger partial charge in [-0.1, -0.05) is 158 Å². The molecule has 7 aromatic rings. The van der Waals surface area contributed by atoms with Crippen LogP contribution in [-0.2, 0) is 5.41 Å². The quantitative estimate of drug-likeness (QED) is 0.118. The Kier molecular flexibility index (Phi) is 7.10. The molecule has 0 atom stereocenters. The summed E-state index contributed by atoms with van der Waals surface area (Å²) in [6, 6.07) is 62.3. The van der Waals surface area contributed by atoms with Gasteiger partial charge in [-0.3, -0.25) is 0 Å². The summed E-state index contributed by atoms with van der Waals surface area (Å²) >= 11 is 1.41. The molecule has 0 radical (unpaired) electrons. The van der Waals surface area contributed by atoms with Crippen molar-refractivity contribution in [3.8, 4) is 33.4 Å². The number of benzene rings is 7. The van der Waals surface area contributed by atoms with Crippen LogP contribution in [0, 0.1) is 0 Å². The number of rotatable bonds is 4. The fraction of sp³-hybridized carbons (Fsp3) is 0.0222. The van der Waals surface area contributed by atoms with E-state index in [2.05, 4.69) is 127 Å². The van der Waals surface area contributed by atoms with Gasteiger partial charge >= 0.3 is 0 Å². The minimum absolute atomic E-state index is 0.421. The maximum absolute atomic E-state index is 6.69. The van der Waals surface area contributed by atoms with Crippen molar-refractivity contribution in [1.29, 1.82) is 0 Å². The number of amidine groups is 2. The van der Waals surface area contributed by atoms with E-state index in [1.807, 2.05) is 48.5 Å². The van der Waals surface area contributed by atoms with Crippen LogP contribution >= 0.6 is 11.9 Å². The topological polar surface area (TPSA) is 50.7 Å². The van der Waals surface area contributed by atoms with Gasteiger partial charge in [-0.05, 0) is 73.8 Å².